The third-order valence-corrected chi connectivity index (χ3v) is 3.88. The monoisotopic (exact) mass is 255 g/mol. The van der Waals surface area contributed by atoms with Gasteiger partial charge in [-0.2, -0.15) is 0 Å². The van der Waals surface area contributed by atoms with Crippen LogP contribution >= 0.6 is 0 Å². The van der Waals surface area contributed by atoms with Gasteiger partial charge < -0.3 is 10.1 Å². The molecule has 0 aromatic rings. The fourth-order valence-corrected chi connectivity index (χ4v) is 2.50. The lowest BCUT2D eigenvalue weighted by atomic mass is 9.96. The summed E-state index contributed by atoms with van der Waals surface area (Å²) in [6, 6.07) is 0. The molecule has 1 saturated heterocycles. The van der Waals surface area contributed by atoms with Crippen LogP contribution in [0, 0.1) is 11.8 Å². The first-order chi connectivity index (χ1) is 8.76. The van der Waals surface area contributed by atoms with Crippen LogP contribution in [0.3, 0.4) is 0 Å². The molecule has 0 aromatic heterocycles. The van der Waals surface area contributed by atoms with Crippen LogP contribution in [-0.2, 0) is 9.53 Å². The Bertz CT molecular complexity index is 225. The van der Waals surface area contributed by atoms with E-state index in [9.17, 15) is 4.79 Å². The molecular formula is C15H29NO2. The zero-order valence-corrected chi connectivity index (χ0v) is 12.0. The van der Waals surface area contributed by atoms with Crippen molar-refractivity contribution in [3.63, 3.8) is 0 Å². The van der Waals surface area contributed by atoms with Crippen molar-refractivity contribution in [2.45, 2.75) is 58.8 Å². The zero-order valence-electron chi connectivity index (χ0n) is 12.0. The van der Waals surface area contributed by atoms with Crippen molar-refractivity contribution < 1.29 is 9.53 Å². The first-order valence-electron chi connectivity index (χ1n) is 7.62. The van der Waals surface area contributed by atoms with Crippen molar-refractivity contribution in [2.75, 3.05) is 19.7 Å². The number of piperidine rings is 1. The molecule has 1 N–H and O–H groups in total. The van der Waals surface area contributed by atoms with Gasteiger partial charge in [0.2, 0.25) is 0 Å². The normalized spacial score (nSPS) is 21.6. The van der Waals surface area contributed by atoms with Gasteiger partial charge in [-0.3, -0.25) is 4.79 Å². The molecule has 1 aliphatic rings. The molecule has 1 aliphatic heterocycles. The minimum atomic E-state index is -0.00125. The molecule has 0 bridgehead atoms. The molecule has 1 fully saturated rings. The minimum absolute atomic E-state index is 0.00125. The third kappa shape index (κ3) is 6.39. The van der Waals surface area contributed by atoms with Crippen LogP contribution in [0.15, 0.2) is 0 Å². The van der Waals surface area contributed by atoms with Gasteiger partial charge in [-0.05, 0) is 44.2 Å². The Morgan fingerprint density at radius 1 is 1.44 bits per heavy atom. The highest BCUT2D eigenvalue weighted by Crippen LogP contribution is 2.16. The SMILES string of the molecule is CCCCC(CC)COC(=O)CC1CCCNC1. The standard InChI is InChI=1S/C15H29NO2/c1-3-5-7-13(4-2)12-18-15(17)10-14-8-6-9-16-11-14/h13-14,16H,3-12H2,1-2H3. The van der Waals surface area contributed by atoms with Crippen molar-refractivity contribution >= 4 is 5.97 Å². The Balaban J connectivity index is 2.14. The minimum Gasteiger partial charge on any atom is -0.465 e. The lowest BCUT2D eigenvalue weighted by Gasteiger charge is -2.22. The highest BCUT2D eigenvalue weighted by molar-refractivity contribution is 5.69. The largest absolute Gasteiger partial charge is 0.465 e. The van der Waals surface area contributed by atoms with Gasteiger partial charge in [0.25, 0.3) is 0 Å². The van der Waals surface area contributed by atoms with E-state index in [2.05, 4.69) is 19.2 Å². The van der Waals surface area contributed by atoms with Crippen molar-refractivity contribution in [1.82, 2.24) is 5.32 Å². The summed E-state index contributed by atoms with van der Waals surface area (Å²) in [5.41, 5.74) is 0. The molecule has 0 radical (unpaired) electrons. The zero-order chi connectivity index (χ0) is 13.2. The van der Waals surface area contributed by atoms with E-state index in [4.69, 9.17) is 4.74 Å². The molecule has 0 aliphatic carbocycles. The van der Waals surface area contributed by atoms with E-state index >= 15 is 0 Å². The van der Waals surface area contributed by atoms with Crippen LogP contribution in [0.4, 0.5) is 0 Å². The van der Waals surface area contributed by atoms with E-state index in [1.807, 2.05) is 0 Å². The molecule has 0 aromatic carbocycles. The number of unbranched alkanes of at least 4 members (excludes halogenated alkanes) is 1. The fraction of sp³-hybridized carbons (Fsp3) is 0.933. The first-order valence-corrected chi connectivity index (χ1v) is 7.62. The summed E-state index contributed by atoms with van der Waals surface area (Å²) in [7, 11) is 0. The van der Waals surface area contributed by atoms with Gasteiger partial charge in [0, 0.05) is 6.42 Å². The molecule has 0 saturated carbocycles. The highest BCUT2D eigenvalue weighted by Gasteiger charge is 2.18. The maximum atomic E-state index is 11.8. The quantitative estimate of drug-likeness (QED) is 0.677. The summed E-state index contributed by atoms with van der Waals surface area (Å²) in [6.45, 7) is 7.08. The molecular weight excluding hydrogens is 226 g/mol. The number of ether oxygens (including phenoxy) is 1. The molecule has 3 nitrogen and oxygen atoms in total. The smallest absolute Gasteiger partial charge is 0.306 e. The number of esters is 1. The van der Waals surface area contributed by atoms with E-state index in [0.29, 0.717) is 24.9 Å². The van der Waals surface area contributed by atoms with Crippen molar-refractivity contribution in [3.05, 3.63) is 0 Å². The summed E-state index contributed by atoms with van der Waals surface area (Å²) >= 11 is 0. The summed E-state index contributed by atoms with van der Waals surface area (Å²) in [5.74, 6) is 1.04. The molecule has 3 heteroatoms. The predicted molar refractivity (Wildman–Crippen MR) is 74.5 cm³/mol. The van der Waals surface area contributed by atoms with Gasteiger partial charge in [-0.25, -0.2) is 0 Å². The Morgan fingerprint density at radius 3 is 2.89 bits per heavy atom. The number of carbonyl (C=O) groups excluding carboxylic acids is 1. The Kier molecular flexibility index (Phi) is 8.06. The van der Waals surface area contributed by atoms with E-state index in [-0.39, 0.29) is 5.97 Å². The highest BCUT2D eigenvalue weighted by atomic mass is 16.5. The van der Waals surface area contributed by atoms with E-state index in [1.54, 1.807) is 0 Å². The second kappa shape index (κ2) is 9.37. The molecule has 1 rings (SSSR count). The van der Waals surface area contributed by atoms with E-state index < -0.39 is 0 Å². The average molecular weight is 255 g/mol. The Labute approximate surface area is 112 Å². The second-order valence-electron chi connectivity index (χ2n) is 5.52. The fourth-order valence-electron chi connectivity index (χ4n) is 2.50. The average Bonchev–Trinajstić information content (AvgIpc) is 2.40. The van der Waals surface area contributed by atoms with Gasteiger partial charge in [0.05, 0.1) is 6.61 Å². The number of nitrogens with one attached hydrogen (secondary N) is 1. The number of hydrogen-bond donors (Lipinski definition) is 1. The molecule has 18 heavy (non-hydrogen) atoms. The van der Waals surface area contributed by atoms with Crippen LogP contribution < -0.4 is 5.32 Å². The maximum absolute atomic E-state index is 11.8. The maximum Gasteiger partial charge on any atom is 0.306 e. The summed E-state index contributed by atoms with van der Waals surface area (Å²) in [6.07, 6.45) is 7.70. The van der Waals surface area contributed by atoms with Gasteiger partial charge in [0.15, 0.2) is 0 Å². The van der Waals surface area contributed by atoms with Crippen LogP contribution in [-0.4, -0.2) is 25.7 Å². The Morgan fingerprint density at radius 2 is 2.28 bits per heavy atom. The Hall–Kier alpha value is -0.570. The second-order valence-corrected chi connectivity index (χ2v) is 5.52. The predicted octanol–water partition coefficient (Wildman–Crippen LogP) is 3.14. The summed E-state index contributed by atoms with van der Waals surface area (Å²) < 4.78 is 5.43. The van der Waals surface area contributed by atoms with Crippen LogP contribution in [0.1, 0.15) is 58.8 Å². The first kappa shape index (κ1) is 15.5. The van der Waals surface area contributed by atoms with Crippen LogP contribution in [0.25, 0.3) is 0 Å². The van der Waals surface area contributed by atoms with Gasteiger partial charge >= 0.3 is 5.97 Å². The molecule has 0 amide bonds. The lowest BCUT2D eigenvalue weighted by molar-refractivity contribution is -0.146. The van der Waals surface area contributed by atoms with Crippen LogP contribution in [0.2, 0.25) is 0 Å². The molecule has 0 spiro atoms. The summed E-state index contributed by atoms with van der Waals surface area (Å²) in [4.78, 5) is 11.8. The number of hydrogen-bond acceptors (Lipinski definition) is 3. The van der Waals surface area contributed by atoms with Crippen molar-refractivity contribution in [1.29, 1.82) is 0 Å². The topological polar surface area (TPSA) is 38.3 Å². The number of carbonyl (C=O) groups is 1. The molecule has 2 unspecified atom stereocenters. The molecule has 1 heterocycles. The van der Waals surface area contributed by atoms with E-state index in [1.165, 1.54) is 25.7 Å². The van der Waals surface area contributed by atoms with Gasteiger partial charge in [-0.15, -0.1) is 0 Å². The molecule has 106 valence electrons. The van der Waals surface area contributed by atoms with E-state index in [0.717, 1.165) is 25.9 Å². The van der Waals surface area contributed by atoms with Crippen molar-refractivity contribution in [2.24, 2.45) is 11.8 Å². The lowest BCUT2D eigenvalue weighted by Crippen LogP contribution is -2.31. The van der Waals surface area contributed by atoms with Gasteiger partial charge in [0.1, 0.15) is 0 Å². The van der Waals surface area contributed by atoms with Crippen LogP contribution in [0.5, 0.6) is 0 Å². The van der Waals surface area contributed by atoms with Crippen molar-refractivity contribution in [3.8, 4) is 0 Å². The summed E-state index contributed by atoms with van der Waals surface area (Å²) in [5, 5.41) is 3.34. The van der Waals surface area contributed by atoms with Gasteiger partial charge in [-0.1, -0.05) is 33.1 Å². The molecule has 2 atom stereocenters. The number of rotatable bonds is 8. The third-order valence-electron chi connectivity index (χ3n) is 3.88.